The monoisotopic (exact) mass is 309 g/mol. The van der Waals surface area contributed by atoms with E-state index in [2.05, 4.69) is 20.4 Å². The first-order chi connectivity index (χ1) is 11.3. The Bertz CT molecular complexity index is 948. The second-order valence-corrected chi connectivity index (χ2v) is 4.98. The Balaban J connectivity index is 1.69. The van der Waals surface area contributed by atoms with Crippen LogP contribution in [0.5, 0.6) is 0 Å². The van der Waals surface area contributed by atoms with Gasteiger partial charge in [0.15, 0.2) is 0 Å². The predicted molar refractivity (Wildman–Crippen MR) is 82.8 cm³/mol. The quantitative estimate of drug-likeness (QED) is 0.626. The lowest BCUT2D eigenvalue weighted by Gasteiger charge is -2.06. The van der Waals surface area contributed by atoms with Gasteiger partial charge in [-0.15, -0.1) is 0 Å². The number of nitrogens with one attached hydrogen (secondary N) is 1. The summed E-state index contributed by atoms with van der Waals surface area (Å²) in [5.74, 6) is 0.332. The van der Waals surface area contributed by atoms with Crippen molar-refractivity contribution < 1.29 is 8.81 Å². The summed E-state index contributed by atoms with van der Waals surface area (Å²) in [6, 6.07) is 8.85. The number of hydrogen-bond donors (Lipinski definition) is 1. The van der Waals surface area contributed by atoms with Gasteiger partial charge in [-0.3, -0.25) is 10.00 Å². The van der Waals surface area contributed by atoms with E-state index in [1.165, 1.54) is 12.3 Å². The van der Waals surface area contributed by atoms with E-state index >= 15 is 0 Å². The number of nitrogens with zero attached hydrogens (tertiary/aromatic N) is 4. The van der Waals surface area contributed by atoms with E-state index in [0.717, 1.165) is 10.9 Å². The molecule has 0 spiro atoms. The molecule has 6 nitrogen and oxygen atoms in total. The highest BCUT2D eigenvalue weighted by Crippen LogP contribution is 2.20. The molecule has 114 valence electrons. The van der Waals surface area contributed by atoms with Gasteiger partial charge in [-0.2, -0.15) is 5.10 Å². The van der Waals surface area contributed by atoms with E-state index in [1.807, 2.05) is 6.07 Å². The molecule has 1 N–H and O–H groups in total. The lowest BCUT2D eigenvalue weighted by molar-refractivity contribution is 0.577. The molecule has 3 aromatic heterocycles. The minimum atomic E-state index is -0.247. The van der Waals surface area contributed by atoms with Crippen molar-refractivity contribution in [3.63, 3.8) is 0 Å². The zero-order valence-electron chi connectivity index (χ0n) is 12.0. The highest BCUT2D eigenvalue weighted by Gasteiger charge is 2.09. The van der Waals surface area contributed by atoms with Gasteiger partial charge in [-0.1, -0.05) is 18.2 Å². The van der Waals surface area contributed by atoms with Crippen LogP contribution in [0.1, 0.15) is 5.56 Å². The van der Waals surface area contributed by atoms with Crippen molar-refractivity contribution in [2.75, 3.05) is 5.32 Å². The predicted octanol–water partition coefficient (Wildman–Crippen LogP) is 3.35. The van der Waals surface area contributed by atoms with Crippen LogP contribution in [0.2, 0.25) is 0 Å². The molecule has 0 aliphatic heterocycles. The van der Waals surface area contributed by atoms with E-state index in [1.54, 1.807) is 41.5 Å². The van der Waals surface area contributed by atoms with Crippen molar-refractivity contribution >= 4 is 22.7 Å². The highest BCUT2D eigenvalue weighted by atomic mass is 19.1. The van der Waals surface area contributed by atoms with Crippen LogP contribution in [-0.4, -0.2) is 19.7 Å². The Labute approximate surface area is 130 Å². The van der Waals surface area contributed by atoms with Gasteiger partial charge >= 0.3 is 0 Å². The van der Waals surface area contributed by atoms with Crippen LogP contribution >= 0.6 is 0 Å². The van der Waals surface area contributed by atoms with Gasteiger partial charge in [0.1, 0.15) is 17.9 Å². The SMILES string of the molecule is Fc1ccccc1Cn1ncc2cnc(Nc3ncco3)cc21. The van der Waals surface area contributed by atoms with Crippen LogP contribution in [-0.2, 0) is 6.54 Å². The summed E-state index contributed by atoms with van der Waals surface area (Å²) in [6.07, 6.45) is 6.43. The molecule has 0 atom stereocenters. The third kappa shape index (κ3) is 2.64. The van der Waals surface area contributed by atoms with E-state index < -0.39 is 0 Å². The lowest BCUT2D eigenvalue weighted by atomic mass is 10.2. The fourth-order valence-corrected chi connectivity index (χ4v) is 2.35. The Morgan fingerprint density at radius 2 is 2.09 bits per heavy atom. The lowest BCUT2D eigenvalue weighted by Crippen LogP contribution is -2.04. The minimum Gasteiger partial charge on any atom is -0.432 e. The summed E-state index contributed by atoms with van der Waals surface area (Å²) in [7, 11) is 0. The number of hydrogen-bond acceptors (Lipinski definition) is 5. The third-order valence-electron chi connectivity index (χ3n) is 3.47. The van der Waals surface area contributed by atoms with Gasteiger partial charge in [-0.05, 0) is 6.07 Å². The first kappa shape index (κ1) is 13.4. The van der Waals surface area contributed by atoms with Crippen molar-refractivity contribution in [1.29, 1.82) is 0 Å². The zero-order chi connectivity index (χ0) is 15.6. The molecule has 3 heterocycles. The minimum absolute atomic E-state index is 0.247. The van der Waals surface area contributed by atoms with Crippen LogP contribution < -0.4 is 5.32 Å². The second kappa shape index (κ2) is 5.53. The molecule has 4 aromatic rings. The molecule has 0 saturated carbocycles. The molecule has 23 heavy (non-hydrogen) atoms. The van der Waals surface area contributed by atoms with Gasteiger partial charge in [0.2, 0.25) is 0 Å². The molecule has 0 saturated heterocycles. The molecule has 0 aliphatic rings. The molecule has 0 aliphatic carbocycles. The first-order valence-electron chi connectivity index (χ1n) is 7.01. The summed E-state index contributed by atoms with van der Waals surface area (Å²) < 4.78 is 20.7. The Hall–Kier alpha value is -3.22. The van der Waals surface area contributed by atoms with Crippen LogP contribution in [0, 0.1) is 5.82 Å². The Kier molecular flexibility index (Phi) is 3.23. The molecular weight excluding hydrogens is 297 g/mol. The van der Waals surface area contributed by atoms with E-state index in [0.29, 0.717) is 23.9 Å². The summed E-state index contributed by atoms with van der Waals surface area (Å²) in [5, 5.41) is 8.15. The van der Waals surface area contributed by atoms with Crippen LogP contribution in [0.25, 0.3) is 10.9 Å². The van der Waals surface area contributed by atoms with Crippen LogP contribution in [0.3, 0.4) is 0 Å². The maximum Gasteiger partial charge on any atom is 0.300 e. The van der Waals surface area contributed by atoms with Crippen molar-refractivity contribution in [2.45, 2.75) is 6.54 Å². The molecule has 1 aromatic carbocycles. The van der Waals surface area contributed by atoms with Gasteiger partial charge in [-0.25, -0.2) is 14.4 Å². The molecule has 0 amide bonds. The Morgan fingerprint density at radius 3 is 2.91 bits per heavy atom. The summed E-state index contributed by atoms with van der Waals surface area (Å²) in [4.78, 5) is 8.27. The molecule has 4 rings (SSSR count). The number of aromatic nitrogens is 4. The summed E-state index contributed by atoms with van der Waals surface area (Å²) in [5.41, 5.74) is 1.42. The summed E-state index contributed by atoms with van der Waals surface area (Å²) >= 11 is 0. The largest absolute Gasteiger partial charge is 0.432 e. The van der Waals surface area contributed by atoms with E-state index in [9.17, 15) is 4.39 Å². The molecular formula is C16H12FN5O. The number of benzene rings is 1. The number of oxazole rings is 1. The van der Waals surface area contributed by atoms with E-state index in [4.69, 9.17) is 4.42 Å². The third-order valence-corrected chi connectivity index (χ3v) is 3.47. The molecule has 7 heteroatoms. The van der Waals surface area contributed by atoms with E-state index in [-0.39, 0.29) is 5.82 Å². The maximum atomic E-state index is 13.8. The second-order valence-electron chi connectivity index (χ2n) is 4.98. The van der Waals surface area contributed by atoms with Gasteiger partial charge in [0.05, 0.1) is 24.5 Å². The number of anilines is 2. The topological polar surface area (TPSA) is 68.8 Å². The average molecular weight is 309 g/mol. The van der Waals surface area contributed by atoms with Gasteiger partial charge in [0, 0.05) is 23.2 Å². The number of fused-ring (bicyclic) bond motifs is 1. The molecule has 0 bridgehead atoms. The zero-order valence-corrected chi connectivity index (χ0v) is 12.0. The number of pyridine rings is 1. The highest BCUT2D eigenvalue weighted by molar-refractivity contribution is 5.80. The molecule has 0 fully saturated rings. The molecule has 0 unspecified atom stereocenters. The fraction of sp³-hybridized carbons (Fsp3) is 0.0625. The number of rotatable bonds is 4. The van der Waals surface area contributed by atoms with Crippen molar-refractivity contribution in [3.8, 4) is 0 Å². The van der Waals surface area contributed by atoms with Gasteiger partial charge < -0.3 is 4.42 Å². The van der Waals surface area contributed by atoms with Crippen molar-refractivity contribution in [1.82, 2.24) is 19.7 Å². The fourth-order valence-electron chi connectivity index (χ4n) is 2.35. The Morgan fingerprint density at radius 1 is 1.17 bits per heavy atom. The standard InChI is InChI=1S/C16H12FN5O/c17-13-4-2-1-3-11(13)10-22-14-7-15(19-8-12(14)9-20-22)21-16-18-5-6-23-16/h1-9H,10H2,(H,18,19,21). The molecule has 0 radical (unpaired) electrons. The normalized spacial score (nSPS) is 11.0. The van der Waals surface area contributed by atoms with Crippen molar-refractivity contribution in [3.05, 3.63) is 66.6 Å². The smallest absolute Gasteiger partial charge is 0.300 e. The van der Waals surface area contributed by atoms with Crippen molar-refractivity contribution in [2.24, 2.45) is 0 Å². The van der Waals surface area contributed by atoms with Gasteiger partial charge in [0.25, 0.3) is 6.01 Å². The van der Waals surface area contributed by atoms with Crippen LogP contribution in [0.4, 0.5) is 16.2 Å². The maximum absolute atomic E-state index is 13.8. The van der Waals surface area contributed by atoms with Crippen LogP contribution in [0.15, 0.2) is 59.6 Å². The average Bonchev–Trinajstić information content (AvgIpc) is 3.20. The number of halogens is 1. The first-order valence-corrected chi connectivity index (χ1v) is 7.01. The summed E-state index contributed by atoms with van der Waals surface area (Å²) in [6.45, 7) is 0.346.